The Kier molecular flexibility index (Phi) is 7.51. The Bertz CT molecular complexity index is 1100. The summed E-state index contributed by atoms with van der Waals surface area (Å²) in [5.41, 5.74) is 2.54. The van der Waals surface area contributed by atoms with E-state index in [-0.39, 0.29) is 12.5 Å². The van der Waals surface area contributed by atoms with Gasteiger partial charge in [0.15, 0.2) is 0 Å². The molecule has 0 aromatic heterocycles. The number of hydrogen-bond acceptors (Lipinski definition) is 3. The van der Waals surface area contributed by atoms with Crippen molar-refractivity contribution in [1.82, 2.24) is 4.90 Å². The molecule has 1 fully saturated rings. The molecule has 0 saturated carbocycles. The second kappa shape index (κ2) is 10.5. The Morgan fingerprint density at radius 3 is 2.33 bits per heavy atom. The molecule has 6 heteroatoms. The summed E-state index contributed by atoms with van der Waals surface area (Å²) in [6.45, 7) is 3.57. The van der Waals surface area contributed by atoms with E-state index in [9.17, 15) is 9.90 Å². The van der Waals surface area contributed by atoms with Crippen LogP contribution in [0.1, 0.15) is 41.3 Å². The molecule has 0 bridgehead atoms. The number of aliphatic hydroxyl groups excluding tert-OH is 1. The quantitative estimate of drug-likeness (QED) is 0.402. The summed E-state index contributed by atoms with van der Waals surface area (Å²) < 4.78 is 6.40. The highest BCUT2D eigenvalue weighted by atomic mass is 35.5. The summed E-state index contributed by atoms with van der Waals surface area (Å²) in [7, 11) is 0. The van der Waals surface area contributed by atoms with Gasteiger partial charge in [-0.1, -0.05) is 83.9 Å². The van der Waals surface area contributed by atoms with Crippen molar-refractivity contribution < 1.29 is 14.6 Å². The maximum Gasteiger partial charge on any atom is 0.253 e. The SMILES string of the molecule is C=CC[C@H]1O[C@H](c2cccc(Cl)c2)[C@H](c2ccc(Cl)cc2)N([C@H](CO)c2ccccc2)C1=O. The summed E-state index contributed by atoms with van der Waals surface area (Å²) in [6, 6.07) is 23.3. The number of ether oxygens (including phenoxy) is 1. The lowest BCUT2D eigenvalue weighted by atomic mass is 9.89. The first-order valence-corrected chi connectivity index (χ1v) is 11.5. The smallest absolute Gasteiger partial charge is 0.253 e. The number of amides is 1. The van der Waals surface area contributed by atoms with Crippen molar-refractivity contribution in [1.29, 1.82) is 0 Å². The number of rotatable bonds is 7. The minimum Gasteiger partial charge on any atom is -0.394 e. The number of carbonyl (C=O) groups excluding carboxylic acids is 1. The van der Waals surface area contributed by atoms with Crippen molar-refractivity contribution in [3.8, 4) is 0 Å². The normalized spacial score (nSPS) is 21.6. The molecule has 0 spiro atoms. The van der Waals surface area contributed by atoms with Gasteiger partial charge in [-0.2, -0.15) is 0 Å². The Morgan fingerprint density at radius 2 is 1.70 bits per heavy atom. The van der Waals surface area contributed by atoms with E-state index in [4.69, 9.17) is 27.9 Å². The van der Waals surface area contributed by atoms with Crippen LogP contribution in [-0.4, -0.2) is 28.6 Å². The van der Waals surface area contributed by atoms with E-state index in [1.807, 2.05) is 60.7 Å². The molecule has 0 aliphatic carbocycles. The zero-order chi connectivity index (χ0) is 23.4. The lowest BCUT2D eigenvalue weighted by molar-refractivity contribution is -0.181. The Hall–Kier alpha value is -2.63. The lowest BCUT2D eigenvalue weighted by Gasteiger charge is -2.48. The summed E-state index contributed by atoms with van der Waals surface area (Å²) >= 11 is 12.5. The van der Waals surface area contributed by atoms with E-state index < -0.39 is 24.3 Å². The van der Waals surface area contributed by atoms with E-state index in [0.29, 0.717) is 16.5 Å². The molecule has 4 nitrogen and oxygen atoms in total. The van der Waals surface area contributed by atoms with Crippen molar-refractivity contribution >= 4 is 29.1 Å². The predicted molar refractivity (Wildman–Crippen MR) is 131 cm³/mol. The highest BCUT2D eigenvalue weighted by molar-refractivity contribution is 6.30. The number of aliphatic hydroxyl groups is 1. The third-order valence-corrected chi connectivity index (χ3v) is 6.38. The number of benzene rings is 3. The average Bonchev–Trinajstić information content (AvgIpc) is 2.83. The number of nitrogens with zero attached hydrogens (tertiary/aromatic N) is 1. The van der Waals surface area contributed by atoms with E-state index in [1.54, 1.807) is 29.2 Å². The van der Waals surface area contributed by atoms with E-state index in [1.165, 1.54) is 0 Å². The number of halogens is 2. The van der Waals surface area contributed by atoms with Gasteiger partial charge in [-0.05, 0) is 41.0 Å². The molecule has 0 radical (unpaired) electrons. The van der Waals surface area contributed by atoms with Crippen LogP contribution in [0.4, 0.5) is 0 Å². The van der Waals surface area contributed by atoms with Crippen LogP contribution in [0.5, 0.6) is 0 Å². The lowest BCUT2D eigenvalue weighted by Crippen LogP contribution is -2.52. The largest absolute Gasteiger partial charge is 0.394 e. The first kappa shape index (κ1) is 23.5. The van der Waals surface area contributed by atoms with Crippen molar-refractivity contribution in [2.75, 3.05) is 6.61 Å². The highest BCUT2D eigenvalue weighted by Crippen LogP contribution is 2.46. The van der Waals surface area contributed by atoms with Crippen LogP contribution >= 0.6 is 23.2 Å². The molecule has 4 atom stereocenters. The van der Waals surface area contributed by atoms with Gasteiger partial charge in [0.25, 0.3) is 5.91 Å². The topological polar surface area (TPSA) is 49.8 Å². The maximum absolute atomic E-state index is 13.8. The molecule has 33 heavy (non-hydrogen) atoms. The number of morpholine rings is 1. The van der Waals surface area contributed by atoms with Gasteiger partial charge in [-0.3, -0.25) is 4.79 Å². The van der Waals surface area contributed by atoms with Crippen LogP contribution in [0.25, 0.3) is 0 Å². The Morgan fingerprint density at radius 1 is 0.970 bits per heavy atom. The van der Waals surface area contributed by atoms with Gasteiger partial charge in [0.1, 0.15) is 12.2 Å². The van der Waals surface area contributed by atoms with Gasteiger partial charge >= 0.3 is 0 Å². The van der Waals surface area contributed by atoms with Crippen LogP contribution in [0.3, 0.4) is 0 Å². The van der Waals surface area contributed by atoms with Crippen LogP contribution < -0.4 is 0 Å². The first-order chi connectivity index (χ1) is 16.0. The van der Waals surface area contributed by atoms with Crippen molar-refractivity contribution in [2.45, 2.75) is 30.7 Å². The molecule has 1 aliphatic rings. The number of hydrogen-bond donors (Lipinski definition) is 1. The van der Waals surface area contributed by atoms with Crippen molar-refractivity contribution in [3.63, 3.8) is 0 Å². The standard InChI is InChI=1S/C27H25Cl2NO3/c1-2-7-24-27(32)30(23(17-31)18-8-4-3-5-9-18)25(19-12-14-21(28)15-13-19)26(33-24)20-10-6-11-22(29)16-20/h2-6,8-16,23-26,31H,1,7,17H2/t23-,24-,25+,26-/m1/s1. The monoisotopic (exact) mass is 481 g/mol. The third-order valence-electron chi connectivity index (χ3n) is 5.89. The van der Waals surface area contributed by atoms with E-state index in [0.717, 1.165) is 16.7 Å². The molecule has 3 aromatic carbocycles. The van der Waals surface area contributed by atoms with Crippen LogP contribution in [0.2, 0.25) is 10.0 Å². The fourth-order valence-electron chi connectivity index (χ4n) is 4.38. The van der Waals surface area contributed by atoms with Crippen LogP contribution in [0, 0.1) is 0 Å². The summed E-state index contributed by atoms with van der Waals surface area (Å²) in [4.78, 5) is 15.5. The molecule has 0 unspecified atom stereocenters. The van der Waals surface area contributed by atoms with Crippen LogP contribution in [0.15, 0.2) is 91.5 Å². The molecule has 170 valence electrons. The molecule has 1 saturated heterocycles. The van der Waals surface area contributed by atoms with E-state index >= 15 is 0 Å². The van der Waals surface area contributed by atoms with Gasteiger partial charge in [-0.25, -0.2) is 0 Å². The predicted octanol–water partition coefficient (Wildman–Crippen LogP) is 6.31. The molecule has 4 rings (SSSR count). The van der Waals surface area contributed by atoms with Crippen LogP contribution in [-0.2, 0) is 9.53 Å². The fourth-order valence-corrected chi connectivity index (χ4v) is 4.71. The van der Waals surface area contributed by atoms with Gasteiger partial charge in [0.2, 0.25) is 0 Å². The zero-order valence-electron chi connectivity index (χ0n) is 18.0. The summed E-state index contributed by atoms with van der Waals surface area (Å²) in [6.07, 6.45) is 0.791. The average molecular weight is 482 g/mol. The van der Waals surface area contributed by atoms with Gasteiger partial charge in [0, 0.05) is 16.5 Å². The molecule has 1 heterocycles. The second-order valence-corrected chi connectivity index (χ2v) is 8.85. The molecular weight excluding hydrogens is 457 g/mol. The minimum absolute atomic E-state index is 0.198. The molecular formula is C27H25Cl2NO3. The van der Waals surface area contributed by atoms with Crippen molar-refractivity contribution in [2.24, 2.45) is 0 Å². The molecule has 1 aliphatic heterocycles. The second-order valence-electron chi connectivity index (χ2n) is 7.98. The maximum atomic E-state index is 13.8. The third kappa shape index (κ3) is 4.99. The Labute approximate surface area is 204 Å². The minimum atomic E-state index is -0.729. The van der Waals surface area contributed by atoms with Crippen molar-refractivity contribution in [3.05, 3.63) is 118 Å². The highest BCUT2D eigenvalue weighted by Gasteiger charge is 2.46. The molecule has 1 amide bonds. The van der Waals surface area contributed by atoms with E-state index in [2.05, 4.69) is 6.58 Å². The molecule has 1 N–H and O–H groups in total. The Balaban J connectivity index is 1.90. The fraction of sp³-hybridized carbons (Fsp3) is 0.222. The summed E-state index contributed by atoms with van der Waals surface area (Å²) in [5.74, 6) is -0.198. The zero-order valence-corrected chi connectivity index (χ0v) is 19.5. The van der Waals surface area contributed by atoms with Gasteiger partial charge in [0.05, 0.1) is 18.7 Å². The van der Waals surface area contributed by atoms with Gasteiger partial charge < -0.3 is 14.7 Å². The van der Waals surface area contributed by atoms with Gasteiger partial charge in [-0.15, -0.1) is 6.58 Å². The first-order valence-electron chi connectivity index (χ1n) is 10.8. The molecule has 3 aromatic rings. The number of carbonyl (C=O) groups is 1. The summed E-state index contributed by atoms with van der Waals surface area (Å²) in [5, 5.41) is 11.7.